The highest BCUT2D eigenvalue weighted by Gasteiger charge is 2.24. The van der Waals surface area contributed by atoms with E-state index in [1.165, 1.54) is 19.2 Å². The van der Waals surface area contributed by atoms with E-state index in [1.54, 1.807) is 73.8 Å². The first kappa shape index (κ1) is 22.2. The highest BCUT2D eigenvalue weighted by Crippen LogP contribution is 2.25. The SMILES string of the molecule is COc1ccc(OCCNC(=O)c2ccccc2N(C)S(=O)(=O)c2ccccc2)cc1. The number of carbonyl (C=O) groups excluding carboxylic acids is 1. The van der Waals surface area contributed by atoms with Gasteiger partial charge in [0.15, 0.2) is 0 Å². The molecule has 0 fully saturated rings. The minimum Gasteiger partial charge on any atom is -0.497 e. The van der Waals surface area contributed by atoms with Gasteiger partial charge in [0.2, 0.25) is 0 Å². The Labute approximate surface area is 182 Å². The molecule has 3 aromatic rings. The Morgan fingerprint density at radius 1 is 0.903 bits per heavy atom. The Hall–Kier alpha value is -3.52. The van der Waals surface area contributed by atoms with Crippen molar-refractivity contribution in [2.24, 2.45) is 0 Å². The highest BCUT2D eigenvalue weighted by molar-refractivity contribution is 7.92. The Bertz CT molecular complexity index is 1120. The van der Waals surface area contributed by atoms with Gasteiger partial charge in [-0.25, -0.2) is 8.42 Å². The monoisotopic (exact) mass is 440 g/mol. The van der Waals surface area contributed by atoms with Gasteiger partial charge in [0.25, 0.3) is 15.9 Å². The molecule has 1 N–H and O–H groups in total. The van der Waals surface area contributed by atoms with Crippen LogP contribution in [0.2, 0.25) is 0 Å². The molecule has 0 spiro atoms. The standard InChI is InChI=1S/C23H24N2O5S/c1-25(31(27,28)20-8-4-3-5-9-20)22-11-7-6-10-21(22)23(26)24-16-17-30-19-14-12-18(29-2)13-15-19/h3-15H,16-17H2,1-2H3,(H,24,26). The quantitative estimate of drug-likeness (QED) is 0.516. The molecule has 0 saturated carbocycles. The van der Waals surface area contributed by atoms with Crippen LogP contribution in [0.15, 0.2) is 83.8 Å². The first-order chi connectivity index (χ1) is 14.9. The first-order valence-corrected chi connectivity index (χ1v) is 11.1. The third-order valence-electron chi connectivity index (χ3n) is 4.61. The van der Waals surface area contributed by atoms with E-state index in [0.717, 1.165) is 10.1 Å². The molecule has 31 heavy (non-hydrogen) atoms. The van der Waals surface area contributed by atoms with E-state index in [2.05, 4.69) is 5.32 Å². The molecule has 0 aliphatic heterocycles. The highest BCUT2D eigenvalue weighted by atomic mass is 32.2. The van der Waals surface area contributed by atoms with Gasteiger partial charge in [-0.2, -0.15) is 0 Å². The molecule has 0 radical (unpaired) electrons. The third kappa shape index (κ3) is 5.35. The summed E-state index contributed by atoms with van der Waals surface area (Å²) in [4.78, 5) is 12.9. The lowest BCUT2D eigenvalue weighted by atomic mass is 10.1. The van der Waals surface area contributed by atoms with Crippen LogP contribution >= 0.6 is 0 Å². The Balaban J connectivity index is 1.65. The fraction of sp³-hybridized carbons (Fsp3) is 0.174. The van der Waals surface area contributed by atoms with Crippen LogP contribution in [0.3, 0.4) is 0 Å². The van der Waals surface area contributed by atoms with Crippen LogP contribution in [0, 0.1) is 0 Å². The van der Waals surface area contributed by atoms with Crippen molar-refractivity contribution in [2.75, 3.05) is 31.6 Å². The minimum absolute atomic E-state index is 0.153. The molecule has 0 atom stereocenters. The number of nitrogens with zero attached hydrogens (tertiary/aromatic N) is 1. The number of hydrogen-bond donors (Lipinski definition) is 1. The number of rotatable bonds is 9. The van der Waals surface area contributed by atoms with E-state index in [1.807, 2.05) is 0 Å². The molecule has 0 saturated heterocycles. The van der Waals surface area contributed by atoms with Crippen LogP contribution in [0.1, 0.15) is 10.4 Å². The largest absolute Gasteiger partial charge is 0.497 e. The summed E-state index contributed by atoms with van der Waals surface area (Å²) in [5.74, 6) is 1.00. The van der Waals surface area contributed by atoms with Crippen molar-refractivity contribution in [3.05, 3.63) is 84.4 Å². The second-order valence-electron chi connectivity index (χ2n) is 6.58. The summed E-state index contributed by atoms with van der Waals surface area (Å²) in [6.45, 7) is 0.521. The molecule has 3 aromatic carbocycles. The van der Waals surface area contributed by atoms with Gasteiger partial charge in [0.1, 0.15) is 18.1 Å². The predicted octanol–water partition coefficient (Wildman–Crippen LogP) is 3.33. The van der Waals surface area contributed by atoms with Crippen molar-refractivity contribution in [1.29, 1.82) is 0 Å². The van der Waals surface area contributed by atoms with Gasteiger partial charge in [-0.05, 0) is 48.5 Å². The van der Waals surface area contributed by atoms with Crippen LogP contribution in [0.5, 0.6) is 11.5 Å². The van der Waals surface area contributed by atoms with Crippen LogP contribution in [-0.4, -0.2) is 41.6 Å². The number of carbonyl (C=O) groups is 1. The molecular formula is C23H24N2O5S. The zero-order valence-electron chi connectivity index (χ0n) is 17.3. The number of ether oxygens (including phenoxy) is 2. The number of para-hydroxylation sites is 1. The maximum Gasteiger partial charge on any atom is 0.264 e. The molecule has 0 aliphatic carbocycles. The summed E-state index contributed by atoms with van der Waals surface area (Å²) in [7, 11) is -0.776. The molecule has 0 aliphatic rings. The second-order valence-corrected chi connectivity index (χ2v) is 8.55. The Kier molecular flexibility index (Phi) is 7.15. The Morgan fingerprint density at radius 3 is 2.19 bits per heavy atom. The van der Waals surface area contributed by atoms with E-state index < -0.39 is 10.0 Å². The fourth-order valence-corrected chi connectivity index (χ4v) is 4.16. The van der Waals surface area contributed by atoms with Crippen molar-refractivity contribution in [1.82, 2.24) is 5.32 Å². The van der Waals surface area contributed by atoms with Gasteiger partial charge in [0.05, 0.1) is 29.8 Å². The molecule has 0 heterocycles. The molecule has 8 heteroatoms. The molecule has 7 nitrogen and oxygen atoms in total. The molecule has 0 unspecified atom stereocenters. The van der Waals surface area contributed by atoms with E-state index in [0.29, 0.717) is 11.4 Å². The van der Waals surface area contributed by atoms with Crippen LogP contribution < -0.4 is 19.1 Å². The summed E-state index contributed by atoms with van der Waals surface area (Å²) in [5.41, 5.74) is 0.550. The molecule has 1 amide bonds. The summed E-state index contributed by atoms with van der Waals surface area (Å²) in [5, 5.41) is 2.77. The number of hydrogen-bond acceptors (Lipinski definition) is 5. The second kappa shape index (κ2) is 9.99. The summed E-state index contributed by atoms with van der Waals surface area (Å²) in [6.07, 6.45) is 0. The Morgan fingerprint density at radius 2 is 1.52 bits per heavy atom. The van der Waals surface area contributed by atoms with Crippen molar-refractivity contribution in [3.8, 4) is 11.5 Å². The van der Waals surface area contributed by atoms with Crippen molar-refractivity contribution in [3.63, 3.8) is 0 Å². The van der Waals surface area contributed by atoms with Gasteiger partial charge in [-0.1, -0.05) is 30.3 Å². The van der Waals surface area contributed by atoms with E-state index in [9.17, 15) is 13.2 Å². The number of nitrogens with one attached hydrogen (secondary N) is 1. The number of benzene rings is 3. The number of anilines is 1. The lowest BCUT2D eigenvalue weighted by Gasteiger charge is -2.22. The van der Waals surface area contributed by atoms with Gasteiger partial charge in [-0.3, -0.25) is 9.10 Å². The molecule has 3 rings (SSSR count). The normalized spacial score (nSPS) is 10.9. The van der Waals surface area contributed by atoms with Crippen LogP contribution in [-0.2, 0) is 10.0 Å². The molecule has 0 aromatic heterocycles. The summed E-state index contributed by atoms with van der Waals surface area (Å²) >= 11 is 0. The first-order valence-electron chi connectivity index (χ1n) is 9.61. The van der Waals surface area contributed by atoms with Gasteiger partial charge < -0.3 is 14.8 Å². The third-order valence-corrected chi connectivity index (χ3v) is 6.39. The lowest BCUT2D eigenvalue weighted by Crippen LogP contribution is -2.32. The van der Waals surface area contributed by atoms with Crippen molar-refractivity contribution in [2.45, 2.75) is 4.90 Å². The van der Waals surface area contributed by atoms with Crippen molar-refractivity contribution < 1.29 is 22.7 Å². The predicted molar refractivity (Wildman–Crippen MR) is 119 cm³/mol. The van der Waals surface area contributed by atoms with Gasteiger partial charge in [0, 0.05) is 7.05 Å². The summed E-state index contributed by atoms with van der Waals surface area (Å²) < 4.78 is 37.7. The molecule has 162 valence electrons. The van der Waals surface area contributed by atoms with E-state index >= 15 is 0 Å². The average Bonchev–Trinajstić information content (AvgIpc) is 2.82. The number of methoxy groups -OCH3 is 1. The number of sulfonamides is 1. The summed E-state index contributed by atoms with van der Waals surface area (Å²) in [6, 6.07) is 21.8. The van der Waals surface area contributed by atoms with Crippen LogP contribution in [0.25, 0.3) is 0 Å². The van der Waals surface area contributed by atoms with Gasteiger partial charge >= 0.3 is 0 Å². The molecule has 0 bridgehead atoms. The number of amides is 1. The molecular weight excluding hydrogens is 416 g/mol. The van der Waals surface area contributed by atoms with E-state index in [-0.39, 0.29) is 29.5 Å². The maximum absolute atomic E-state index is 12.9. The van der Waals surface area contributed by atoms with Crippen molar-refractivity contribution >= 4 is 21.6 Å². The lowest BCUT2D eigenvalue weighted by molar-refractivity contribution is 0.0947. The minimum atomic E-state index is -3.80. The average molecular weight is 441 g/mol. The zero-order chi connectivity index (χ0) is 22.3. The van der Waals surface area contributed by atoms with Gasteiger partial charge in [-0.15, -0.1) is 0 Å². The van der Waals surface area contributed by atoms with E-state index in [4.69, 9.17) is 9.47 Å². The smallest absolute Gasteiger partial charge is 0.264 e. The van der Waals surface area contributed by atoms with Crippen LogP contribution in [0.4, 0.5) is 5.69 Å². The topological polar surface area (TPSA) is 84.9 Å². The maximum atomic E-state index is 12.9. The zero-order valence-corrected chi connectivity index (χ0v) is 18.1. The fourth-order valence-electron chi connectivity index (χ4n) is 2.92.